The molecule has 0 aromatic heterocycles. The molecule has 82 valence electrons. The van der Waals surface area contributed by atoms with Gasteiger partial charge in [-0.05, 0) is 49.3 Å². The van der Waals surface area contributed by atoms with Gasteiger partial charge in [-0.3, -0.25) is 11.3 Å². The van der Waals surface area contributed by atoms with E-state index in [1.54, 1.807) is 0 Å². The second-order valence-corrected chi connectivity index (χ2v) is 4.62. The number of nitrogens with two attached hydrogens (primary N) is 1. The molecule has 1 fully saturated rings. The van der Waals surface area contributed by atoms with Gasteiger partial charge in [0, 0.05) is 6.04 Å². The Hall–Kier alpha value is -0.860. The normalized spacial score (nSPS) is 18.6. The minimum atomic E-state index is 0.346. The average molecular weight is 204 g/mol. The van der Waals surface area contributed by atoms with Gasteiger partial charge in [0.2, 0.25) is 0 Å². The fourth-order valence-corrected chi connectivity index (χ4v) is 2.36. The number of hydrogen-bond acceptors (Lipinski definition) is 2. The number of benzene rings is 1. The van der Waals surface area contributed by atoms with Crippen LogP contribution in [0.2, 0.25) is 0 Å². The maximum Gasteiger partial charge on any atom is 0.0490 e. The first-order chi connectivity index (χ1) is 7.24. The van der Waals surface area contributed by atoms with Gasteiger partial charge >= 0.3 is 0 Å². The fourth-order valence-electron chi connectivity index (χ4n) is 2.36. The minimum absolute atomic E-state index is 0.346. The summed E-state index contributed by atoms with van der Waals surface area (Å²) >= 11 is 0. The quantitative estimate of drug-likeness (QED) is 0.586. The highest BCUT2D eigenvalue weighted by atomic mass is 15.2. The molecule has 0 heterocycles. The molecule has 1 aliphatic rings. The van der Waals surface area contributed by atoms with Gasteiger partial charge < -0.3 is 0 Å². The van der Waals surface area contributed by atoms with Crippen LogP contribution in [-0.2, 0) is 0 Å². The molecule has 0 saturated heterocycles. The lowest BCUT2D eigenvalue weighted by Gasteiger charge is -2.34. The predicted molar refractivity (Wildman–Crippen MR) is 63.3 cm³/mol. The van der Waals surface area contributed by atoms with Crippen LogP contribution >= 0.6 is 0 Å². The minimum Gasteiger partial charge on any atom is -0.271 e. The molecule has 0 radical (unpaired) electrons. The van der Waals surface area contributed by atoms with E-state index >= 15 is 0 Å². The van der Waals surface area contributed by atoms with Crippen LogP contribution in [0.1, 0.15) is 42.0 Å². The second-order valence-electron chi connectivity index (χ2n) is 4.62. The Balaban J connectivity index is 2.29. The summed E-state index contributed by atoms with van der Waals surface area (Å²) in [6.45, 7) is 4.35. The summed E-state index contributed by atoms with van der Waals surface area (Å²) in [5.74, 6) is 6.42. The first-order valence-electron chi connectivity index (χ1n) is 5.76. The van der Waals surface area contributed by atoms with Crippen LogP contribution in [0.15, 0.2) is 18.2 Å². The number of hydrogen-bond donors (Lipinski definition) is 2. The summed E-state index contributed by atoms with van der Waals surface area (Å²) in [6.07, 6.45) is 3.97. The molecule has 15 heavy (non-hydrogen) atoms. The van der Waals surface area contributed by atoms with Gasteiger partial charge in [-0.2, -0.15) is 0 Å². The smallest absolute Gasteiger partial charge is 0.0490 e. The predicted octanol–water partition coefficient (Wildman–Crippen LogP) is 2.61. The van der Waals surface area contributed by atoms with E-state index in [-0.39, 0.29) is 0 Å². The lowest BCUT2D eigenvalue weighted by atomic mass is 9.76. The fraction of sp³-hybridized carbons (Fsp3) is 0.538. The maximum absolute atomic E-state index is 5.68. The Bertz CT molecular complexity index is 342. The van der Waals surface area contributed by atoms with Crippen molar-refractivity contribution in [3.63, 3.8) is 0 Å². The first kappa shape index (κ1) is 10.7. The molecule has 2 rings (SSSR count). The Kier molecular flexibility index (Phi) is 3.08. The van der Waals surface area contributed by atoms with E-state index in [4.69, 9.17) is 5.84 Å². The van der Waals surface area contributed by atoms with Crippen LogP contribution < -0.4 is 11.3 Å². The van der Waals surface area contributed by atoms with Crippen molar-refractivity contribution in [2.24, 2.45) is 11.8 Å². The van der Waals surface area contributed by atoms with Crippen molar-refractivity contribution in [2.75, 3.05) is 0 Å². The summed E-state index contributed by atoms with van der Waals surface area (Å²) in [4.78, 5) is 0. The monoisotopic (exact) mass is 204 g/mol. The third-order valence-electron chi connectivity index (χ3n) is 3.78. The summed E-state index contributed by atoms with van der Waals surface area (Å²) < 4.78 is 0. The van der Waals surface area contributed by atoms with E-state index in [2.05, 4.69) is 37.5 Å². The van der Waals surface area contributed by atoms with Crippen LogP contribution in [0.3, 0.4) is 0 Å². The molecule has 1 saturated carbocycles. The molecule has 1 aliphatic carbocycles. The highest BCUT2D eigenvalue weighted by Crippen LogP contribution is 2.38. The zero-order chi connectivity index (χ0) is 10.8. The topological polar surface area (TPSA) is 38.0 Å². The largest absolute Gasteiger partial charge is 0.271 e. The summed E-state index contributed by atoms with van der Waals surface area (Å²) in [5.41, 5.74) is 7.10. The molecule has 1 unspecified atom stereocenters. The molecule has 0 amide bonds. The van der Waals surface area contributed by atoms with Gasteiger partial charge in [0.15, 0.2) is 0 Å². The molecule has 0 spiro atoms. The zero-order valence-electron chi connectivity index (χ0n) is 9.59. The SMILES string of the molecule is Cc1cccc(C(NN)C2CCC2)c1C. The molecule has 3 N–H and O–H groups in total. The van der Waals surface area contributed by atoms with E-state index in [1.807, 2.05) is 0 Å². The summed E-state index contributed by atoms with van der Waals surface area (Å²) in [7, 11) is 0. The summed E-state index contributed by atoms with van der Waals surface area (Å²) in [6, 6.07) is 6.83. The second kappa shape index (κ2) is 4.33. The van der Waals surface area contributed by atoms with Crippen molar-refractivity contribution in [1.29, 1.82) is 0 Å². The van der Waals surface area contributed by atoms with Gasteiger partial charge in [0.05, 0.1) is 0 Å². The number of nitrogens with one attached hydrogen (secondary N) is 1. The first-order valence-corrected chi connectivity index (χ1v) is 5.76. The third-order valence-corrected chi connectivity index (χ3v) is 3.78. The molecular formula is C13H20N2. The number of aryl methyl sites for hydroxylation is 1. The van der Waals surface area contributed by atoms with Crippen molar-refractivity contribution in [1.82, 2.24) is 5.43 Å². The molecule has 1 atom stereocenters. The lowest BCUT2D eigenvalue weighted by molar-refractivity contribution is 0.231. The highest BCUT2D eigenvalue weighted by Gasteiger charge is 2.28. The van der Waals surface area contributed by atoms with Crippen LogP contribution in [0.4, 0.5) is 0 Å². The van der Waals surface area contributed by atoms with Crippen molar-refractivity contribution in [2.45, 2.75) is 39.2 Å². The van der Waals surface area contributed by atoms with Crippen molar-refractivity contribution >= 4 is 0 Å². The zero-order valence-corrected chi connectivity index (χ0v) is 9.59. The molecule has 0 aliphatic heterocycles. The molecule has 1 aromatic carbocycles. The molecule has 2 heteroatoms. The van der Waals surface area contributed by atoms with Crippen molar-refractivity contribution in [3.05, 3.63) is 34.9 Å². The van der Waals surface area contributed by atoms with Gasteiger partial charge in [0.25, 0.3) is 0 Å². The van der Waals surface area contributed by atoms with Gasteiger partial charge in [-0.25, -0.2) is 0 Å². The van der Waals surface area contributed by atoms with Crippen molar-refractivity contribution < 1.29 is 0 Å². The standard InChI is InChI=1S/C13H20N2/c1-9-5-3-8-12(10(9)2)13(15-14)11-6-4-7-11/h3,5,8,11,13,15H,4,6-7,14H2,1-2H3. The Morgan fingerprint density at radius 3 is 2.60 bits per heavy atom. The molecular weight excluding hydrogens is 184 g/mol. The van der Waals surface area contributed by atoms with E-state index in [9.17, 15) is 0 Å². The lowest BCUT2D eigenvalue weighted by Crippen LogP contribution is -2.36. The highest BCUT2D eigenvalue weighted by molar-refractivity contribution is 5.35. The Morgan fingerprint density at radius 2 is 2.07 bits per heavy atom. The third kappa shape index (κ3) is 1.92. The number of rotatable bonds is 3. The van der Waals surface area contributed by atoms with E-state index in [0.717, 1.165) is 5.92 Å². The van der Waals surface area contributed by atoms with Gasteiger partial charge in [-0.1, -0.05) is 24.6 Å². The van der Waals surface area contributed by atoms with E-state index in [1.165, 1.54) is 36.0 Å². The Labute approximate surface area is 91.8 Å². The Morgan fingerprint density at radius 1 is 1.33 bits per heavy atom. The van der Waals surface area contributed by atoms with Crippen LogP contribution in [0.25, 0.3) is 0 Å². The van der Waals surface area contributed by atoms with Crippen LogP contribution in [-0.4, -0.2) is 0 Å². The maximum atomic E-state index is 5.68. The molecule has 2 nitrogen and oxygen atoms in total. The van der Waals surface area contributed by atoms with Gasteiger partial charge in [0.1, 0.15) is 0 Å². The van der Waals surface area contributed by atoms with Crippen LogP contribution in [0, 0.1) is 19.8 Å². The number of hydrazine groups is 1. The van der Waals surface area contributed by atoms with E-state index < -0.39 is 0 Å². The summed E-state index contributed by atoms with van der Waals surface area (Å²) in [5, 5.41) is 0. The molecule has 1 aromatic rings. The van der Waals surface area contributed by atoms with Crippen molar-refractivity contribution in [3.8, 4) is 0 Å². The van der Waals surface area contributed by atoms with Gasteiger partial charge in [-0.15, -0.1) is 0 Å². The van der Waals surface area contributed by atoms with E-state index in [0.29, 0.717) is 6.04 Å². The average Bonchev–Trinajstić information content (AvgIpc) is 2.16. The van der Waals surface area contributed by atoms with Crippen LogP contribution in [0.5, 0.6) is 0 Å². The molecule has 0 bridgehead atoms.